The Morgan fingerprint density at radius 1 is 1.07 bits per heavy atom. The molecule has 1 saturated carbocycles. The molecule has 0 atom stereocenters. The van der Waals surface area contributed by atoms with Crippen LogP contribution in [0.3, 0.4) is 0 Å². The maximum Gasteiger partial charge on any atom is 0.227 e. The van der Waals surface area contributed by atoms with E-state index >= 15 is 0 Å². The molecule has 6 heteroatoms. The topological polar surface area (TPSA) is 52.7 Å². The number of carbonyl (C=O) groups is 2. The summed E-state index contributed by atoms with van der Waals surface area (Å²) in [5, 5.41) is 3.02. The van der Waals surface area contributed by atoms with Crippen molar-refractivity contribution in [1.29, 1.82) is 0 Å². The average molecular weight is 412 g/mol. The fraction of sp³-hybridized carbons (Fsp3) is 0.417. The third-order valence-corrected chi connectivity index (χ3v) is 5.61. The van der Waals surface area contributed by atoms with Crippen LogP contribution in [-0.4, -0.2) is 30.8 Å². The molecule has 0 saturated heterocycles. The molecule has 160 valence electrons. The van der Waals surface area contributed by atoms with Crippen LogP contribution in [-0.2, 0) is 22.7 Å². The molecule has 0 heterocycles. The van der Waals surface area contributed by atoms with Crippen molar-refractivity contribution >= 4 is 23.2 Å². The van der Waals surface area contributed by atoms with Crippen molar-refractivity contribution in [2.75, 3.05) is 24.3 Å². The van der Waals surface area contributed by atoms with Crippen molar-refractivity contribution in [2.45, 2.75) is 45.7 Å². The Labute approximate surface area is 177 Å². The molecule has 2 aromatic carbocycles. The number of carbonyl (C=O) groups excluding carboxylic acids is 2. The number of nitrogens with zero attached hydrogens (tertiary/aromatic N) is 2. The minimum absolute atomic E-state index is 0.0212. The standard InChI is InChI=1S/C24H30FN3O2/c1-4-23(29)28(15-17-8-10-20(25)11-9-17)16-19-14-21(12-13-22(19)27(2)3)26-24(30)18-6-5-7-18/h8-14,18H,4-7,15-16H2,1-3H3,(H,26,30). The lowest BCUT2D eigenvalue weighted by Gasteiger charge is -2.27. The predicted octanol–water partition coefficient (Wildman–Crippen LogP) is 4.57. The first-order valence-corrected chi connectivity index (χ1v) is 10.5. The van der Waals surface area contributed by atoms with Gasteiger partial charge in [0.2, 0.25) is 11.8 Å². The highest BCUT2D eigenvalue weighted by Gasteiger charge is 2.25. The molecule has 2 aromatic rings. The third-order valence-electron chi connectivity index (χ3n) is 5.61. The van der Waals surface area contributed by atoms with E-state index < -0.39 is 0 Å². The Balaban J connectivity index is 1.83. The minimum Gasteiger partial charge on any atom is -0.377 e. The summed E-state index contributed by atoms with van der Waals surface area (Å²) in [6.07, 6.45) is 3.40. The normalized spacial score (nSPS) is 13.5. The molecule has 0 radical (unpaired) electrons. The highest BCUT2D eigenvalue weighted by atomic mass is 19.1. The molecule has 0 unspecified atom stereocenters. The summed E-state index contributed by atoms with van der Waals surface area (Å²) in [7, 11) is 3.91. The molecule has 1 fully saturated rings. The molecule has 2 amide bonds. The van der Waals surface area contributed by atoms with E-state index in [0.29, 0.717) is 19.5 Å². The highest BCUT2D eigenvalue weighted by Crippen LogP contribution is 2.29. The number of benzene rings is 2. The first kappa shape index (κ1) is 21.8. The van der Waals surface area contributed by atoms with E-state index in [2.05, 4.69) is 5.32 Å². The quantitative estimate of drug-likeness (QED) is 0.692. The zero-order valence-electron chi connectivity index (χ0n) is 18.0. The number of amides is 2. The Bertz CT molecular complexity index is 892. The second-order valence-corrected chi connectivity index (χ2v) is 8.08. The summed E-state index contributed by atoms with van der Waals surface area (Å²) >= 11 is 0. The van der Waals surface area contributed by atoms with Crippen LogP contribution in [0.15, 0.2) is 42.5 Å². The number of anilines is 2. The predicted molar refractivity (Wildman–Crippen MR) is 118 cm³/mol. The molecule has 1 aliphatic carbocycles. The second-order valence-electron chi connectivity index (χ2n) is 8.08. The van der Waals surface area contributed by atoms with Crippen LogP contribution in [0.4, 0.5) is 15.8 Å². The average Bonchev–Trinajstić information content (AvgIpc) is 2.67. The monoisotopic (exact) mass is 411 g/mol. The van der Waals surface area contributed by atoms with Crippen LogP contribution in [0, 0.1) is 11.7 Å². The van der Waals surface area contributed by atoms with E-state index in [1.165, 1.54) is 12.1 Å². The molecule has 3 rings (SSSR count). The van der Waals surface area contributed by atoms with Gasteiger partial charge in [0.25, 0.3) is 0 Å². The Hall–Kier alpha value is -2.89. The van der Waals surface area contributed by atoms with E-state index in [1.54, 1.807) is 17.0 Å². The summed E-state index contributed by atoms with van der Waals surface area (Å²) in [5.41, 5.74) is 3.57. The van der Waals surface area contributed by atoms with Gasteiger partial charge in [-0.1, -0.05) is 25.5 Å². The zero-order chi connectivity index (χ0) is 21.7. The van der Waals surface area contributed by atoms with Gasteiger partial charge in [0.05, 0.1) is 0 Å². The summed E-state index contributed by atoms with van der Waals surface area (Å²) < 4.78 is 13.3. The smallest absolute Gasteiger partial charge is 0.227 e. The van der Waals surface area contributed by atoms with Gasteiger partial charge in [0, 0.05) is 50.9 Å². The van der Waals surface area contributed by atoms with Crippen molar-refractivity contribution in [3.63, 3.8) is 0 Å². The lowest BCUT2D eigenvalue weighted by atomic mass is 9.85. The molecule has 0 bridgehead atoms. The van der Waals surface area contributed by atoms with E-state index in [1.807, 2.05) is 44.1 Å². The third kappa shape index (κ3) is 5.38. The number of nitrogens with one attached hydrogen (secondary N) is 1. The number of hydrogen-bond donors (Lipinski definition) is 1. The fourth-order valence-corrected chi connectivity index (χ4v) is 3.61. The van der Waals surface area contributed by atoms with E-state index in [9.17, 15) is 14.0 Å². The van der Waals surface area contributed by atoms with Gasteiger partial charge in [-0.25, -0.2) is 4.39 Å². The number of hydrogen-bond acceptors (Lipinski definition) is 3. The van der Waals surface area contributed by atoms with Gasteiger partial charge in [-0.05, 0) is 54.3 Å². The number of rotatable bonds is 8. The summed E-state index contributed by atoms with van der Waals surface area (Å²) in [4.78, 5) is 28.8. The second kappa shape index (κ2) is 9.74. The van der Waals surface area contributed by atoms with Crippen LogP contribution in [0.1, 0.15) is 43.7 Å². The lowest BCUT2D eigenvalue weighted by molar-refractivity contribution is -0.132. The van der Waals surface area contributed by atoms with Gasteiger partial charge in [0.1, 0.15) is 5.82 Å². The number of halogens is 1. The Morgan fingerprint density at radius 3 is 2.33 bits per heavy atom. The Kier molecular flexibility index (Phi) is 7.08. The molecule has 0 aliphatic heterocycles. The van der Waals surface area contributed by atoms with Crippen LogP contribution in [0.25, 0.3) is 0 Å². The van der Waals surface area contributed by atoms with E-state index in [-0.39, 0.29) is 23.5 Å². The Morgan fingerprint density at radius 2 is 1.77 bits per heavy atom. The molecule has 0 spiro atoms. The summed E-state index contributed by atoms with van der Waals surface area (Å²) in [6, 6.07) is 12.0. The SMILES string of the molecule is CCC(=O)N(Cc1ccc(F)cc1)Cc1cc(NC(=O)C2CCC2)ccc1N(C)C. The van der Waals surface area contributed by atoms with Crippen molar-refractivity contribution < 1.29 is 14.0 Å². The van der Waals surface area contributed by atoms with Crippen molar-refractivity contribution in [3.8, 4) is 0 Å². The van der Waals surface area contributed by atoms with Crippen LogP contribution >= 0.6 is 0 Å². The highest BCUT2D eigenvalue weighted by molar-refractivity contribution is 5.93. The van der Waals surface area contributed by atoms with Crippen LogP contribution in [0.5, 0.6) is 0 Å². The first-order chi connectivity index (χ1) is 14.4. The molecule has 1 N–H and O–H groups in total. The van der Waals surface area contributed by atoms with Crippen molar-refractivity contribution in [2.24, 2.45) is 5.92 Å². The zero-order valence-corrected chi connectivity index (χ0v) is 18.0. The fourth-order valence-electron chi connectivity index (χ4n) is 3.61. The van der Waals surface area contributed by atoms with Gasteiger partial charge in [0.15, 0.2) is 0 Å². The van der Waals surface area contributed by atoms with E-state index in [4.69, 9.17) is 0 Å². The van der Waals surface area contributed by atoms with Crippen LogP contribution in [0.2, 0.25) is 0 Å². The molecular weight excluding hydrogens is 381 g/mol. The molecular formula is C24H30FN3O2. The minimum atomic E-state index is -0.295. The van der Waals surface area contributed by atoms with Crippen molar-refractivity contribution in [3.05, 3.63) is 59.4 Å². The molecule has 1 aliphatic rings. The summed E-state index contributed by atoms with van der Waals surface area (Å²) in [5.74, 6) is -0.0962. The summed E-state index contributed by atoms with van der Waals surface area (Å²) in [6.45, 7) is 2.64. The van der Waals surface area contributed by atoms with Gasteiger partial charge >= 0.3 is 0 Å². The van der Waals surface area contributed by atoms with Gasteiger partial charge in [-0.3, -0.25) is 9.59 Å². The van der Waals surface area contributed by atoms with Gasteiger partial charge in [-0.2, -0.15) is 0 Å². The molecule has 30 heavy (non-hydrogen) atoms. The van der Waals surface area contributed by atoms with Crippen molar-refractivity contribution in [1.82, 2.24) is 4.90 Å². The molecule has 5 nitrogen and oxygen atoms in total. The maximum atomic E-state index is 13.3. The first-order valence-electron chi connectivity index (χ1n) is 10.5. The maximum absolute atomic E-state index is 13.3. The van der Waals surface area contributed by atoms with Gasteiger partial charge < -0.3 is 15.1 Å². The molecule has 0 aromatic heterocycles. The van der Waals surface area contributed by atoms with Crippen LogP contribution < -0.4 is 10.2 Å². The van der Waals surface area contributed by atoms with Gasteiger partial charge in [-0.15, -0.1) is 0 Å². The largest absolute Gasteiger partial charge is 0.377 e. The lowest BCUT2D eigenvalue weighted by Crippen LogP contribution is -2.30. The van der Waals surface area contributed by atoms with E-state index in [0.717, 1.165) is 41.8 Å².